The van der Waals surface area contributed by atoms with Gasteiger partial charge in [0.1, 0.15) is 5.60 Å². The van der Waals surface area contributed by atoms with Crippen molar-refractivity contribution in [2.75, 3.05) is 0 Å². The van der Waals surface area contributed by atoms with E-state index in [9.17, 15) is 4.79 Å². The summed E-state index contributed by atoms with van der Waals surface area (Å²) < 4.78 is 6.68. The number of carbonyl (C=O) groups excluding carboxylic acids is 1. The van der Waals surface area contributed by atoms with E-state index in [1.54, 1.807) is 0 Å². The molecule has 0 unspecified atom stereocenters. The highest BCUT2D eigenvalue weighted by Gasteiger charge is 2.53. The highest BCUT2D eigenvalue weighted by Crippen LogP contribution is 2.52. The van der Waals surface area contributed by atoms with Crippen molar-refractivity contribution in [2.45, 2.75) is 51.2 Å². The Hall–Kier alpha value is -2.45. The lowest BCUT2D eigenvalue weighted by molar-refractivity contribution is -0.0481. The van der Waals surface area contributed by atoms with E-state index < -0.39 is 5.60 Å². The summed E-state index contributed by atoms with van der Waals surface area (Å²) in [5.41, 5.74) is 3.65. The summed E-state index contributed by atoms with van der Waals surface area (Å²) in [7, 11) is 0. The number of carbonyl (C=O) groups is 1. The molecule has 2 aliphatic heterocycles. The minimum Gasteiger partial charge on any atom is -0.353 e. The maximum Gasteiger partial charge on any atom is 0.173 e. The molecular formula is C26H28O2. The average molecular weight is 373 g/mol. The summed E-state index contributed by atoms with van der Waals surface area (Å²) in [6.45, 7) is 4.37. The largest absolute Gasteiger partial charge is 0.353 e. The molecule has 2 nitrogen and oxygen atoms in total. The number of hydrogen-bond donors (Lipinski definition) is 0. The van der Waals surface area contributed by atoms with Crippen molar-refractivity contribution < 1.29 is 9.53 Å². The van der Waals surface area contributed by atoms with Gasteiger partial charge in [-0.05, 0) is 30.1 Å². The highest BCUT2D eigenvalue weighted by molar-refractivity contribution is 6.01. The lowest BCUT2D eigenvalue weighted by Gasteiger charge is -2.41. The molecule has 2 aromatic carbocycles. The van der Waals surface area contributed by atoms with Crippen LogP contribution in [-0.2, 0) is 10.3 Å². The van der Waals surface area contributed by atoms with Crippen LogP contribution in [0.5, 0.6) is 0 Å². The molecule has 2 aliphatic rings. The van der Waals surface area contributed by atoms with Gasteiger partial charge in [0.05, 0.1) is 12.0 Å². The van der Waals surface area contributed by atoms with Crippen LogP contribution in [0.4, 0.5) is 0 Å². The van der Waals surface area contributed by atoms with E-state index in [1.165, 1.54) is 11.1 Å². The molecule has 3 atom stereocenters. The number of ketones is 1. The summed E-state index contributed by atoms with van der Waals surface area (Å²) in [5, 5.41) is 0. The van der Waals surface area contributed by atoms with Gasteiger partial charge in [0.15, 0.2) is 5.78 Å². The van der Waals surface area contributed by atoms with Gasteiger partial charge in [-0.1, -0.05) is 99.0 Å². The molecule has 4 rings (SSSR count). The van der Waals surface area contributed by atoms with E-state index >= 15 is 0 Å². The SMILES string of the molecule is CCCC1=C[C@H]2O[C@](c3ccccc3)(C=C2CCC)[C@@H]1C(=O)c1ccccc1. The molecule has 0 fully saturated rings. The summed E-state index contributed by atoms with van der Waals surface area (Å²) in [4.78, 5) is 13.8. The Balaban J connectivity index is 1.89. The first-order chi connectivity index (χ1) is 13.7. The van der Waals surface area contributed by atoms with Crippen LogP contribution in [0.1, 0.15) is 55.5 Å². The summed E-state index contributed by atoms with van der Waals surface area (Å²) >= 11 is 0. The van der Waals surface area contributed by atoms with Crippen LogP contribution in [-0.4, -0.2) is 11.9 Å². The van der Waals surface area contributed by atoms with Crippen molar-refractivity contribution in [1.82, 2.24) is 0 Å². The van der Waals surface area contributed by atoms with Gasteiger partial charge in [0, 0.05) is 5.56 Å². The summed E-state index contributed by atoms with van der Waals surface area (Å²) in [6, 6.07) is 20.0. The number of ether oxygens (including phenoxy) is 1. The van der Waals surface area contributed by atoms with Crippen LogP contribution in [0.2, 0.25) is 0 Å². The molecule has 2 heterocycles. The van der Waals surface area contributed by atoms with Gasteiger partial charge in [0.2, 0.25) is 0 Å². The minimum atomic E-state index is -0.706. The molecule has 0 aliphatic carbocycles. The van der Waals surface area contributed by atoms with E-state index in [1.807, 2.05) is 48.5 Å². The molecule has 0 amide bonds. The van der Waals surface area contributed by atoms with Gasteiger partial charge in [-0.3, -0.25) is 4.79 Å². The third kappa shape index (κ3) is 3.16. The van der Waals surface area contributed by atoms with Crippen molar-refractivity contribution in [3.63, 3.8) is 0 Å². The molecule has 0 saturated carbocycles. The second-order valence-corrected chi connectivity index (χ2v) is 7.82. The standard InChI is InChI=1S/C26H28O2/c1-3-11-20-17-23-21(12-4-2)18-26(28-23,22-15-9-6-10-16-22)24(20)25(27)19-13-7-5-8-14-19/h5-10,13-18,23-24H,3-4,11-12H2,1-2H3/t23-,24+,26+/m1/s1. The Morgan fingerprint density at radius 3 is 2.14 bits per heavy atom. The molecule has 0 spiro atoms. The topological polar surface area (TPSA) is 26.3 Å². The first kappa shape index (κ1) is 18.9. The van der Waals surface area contributed by atoms with E-state index in [4.69, 9.17) is 4.74 Å². The van der Waals surface area contributed by atoms with Gasteiger partial charge >= 0.3 is 0 Å². The van der Waals surface area contributed by atoms with E-state index in [-0.39, 0.29) is 17.8 Å². The number of rotatable bonds is 7. The van der Waals surface area contributed by atoms with Crippen LogP contribution >= 0.6 is 0 Å². The minimum absolute atomic E-state index is 0.0125. The molecule has 2 bridgehead atoms. The smallest absolute Gasteiger partial charge is 0.173 e. The van der Waals surface area contributed by atoms with Crippen LogP contribution in [0.25, 0.3) is 0 Å². The maximum atomic E-state index is 13.8. The van der Waals surface area contributed by atoms with Crippen molar-refractivity contribution in [3.8, 4) is 0 Å². The van der Waals surface area contributed by atoms with Gasteiger partial charge in [-0.25, -0.2) is 0 Å². The monoisotopic (exact) mass is 372 g/mol. The van der Waals surface area contributed by atoms with Gasteiger partial charge < -0.3 is 4.74 Å². The molecule has 0 saturated heterocycles. The van der Waals surface area contributed by atoms with Crippen LogP contribution in [0.3, 0.4) is 0 Å². The Labute approximate surface area is 167 Å². The fraction of sp³-hybridized carbons (Fsp3) is 0.346. The Morgan fingerprint density at radius 2 is 1.50 bits per heavy atom. The molecule has 0 radical (unpaired) electrons. The normalized spacial score (nSPS) is 25.9. The first-order valence-corrected chi connectivity index (χ1v) is 10.4. The number of fused-ring (bicyclic) bond motifs is 2. The molecule has 2 aromatic rings. The van der Waals surface area contributed by atoms with Crippen molar-refractivity contribution in [3.05, 3.63) is 95.1 Å². The second-order valence-electron chi connectivity index (χ2n) is 7.82. The predicted molar refractivity (Wildman–Crippen MR) is 113 cm³/mol. The van der Waals surface area contributed by atoms with Gasteiger partial charge in [-0.2, -0.15) is 0 Å². The van der Waals surface area contributed by atoms with E-state index in [0.29, 0.717) is 0 Å². The van der Waals surface area contributed by atoms with E-state index in [0.717, 1.165) is 36.8 Å². The average Bonchev–Trinajstić information content (AvgIpc) is 3.03. The van der Waals surface area contributed by atoms with Crippen molar-refractivity contribution >= 4 is 5.78 Å². The zero-order valence-electron chi connectivity index (χ0n) is 16.7. The quantitative estimate of drug-likeness (QED) is 0.424. The third-order valence-electron chi connectivity index (χ3n) is 5.88. The molecule has 2 heteroatoms. The van der Waals surface area contributed by atoms with Gasteiger partial charge in [-0.15, -0.1) is 0 Å². The summed E-state index contributed by atoms with van der Waals surface area (Å²) in [6.07, 6.45) is 8.50. The second kappa shape index (κ2) is 7.89. The fourth-order valence-corrected chi connectivity index (χ4v) is 4.70. The Kier molecular flexibility index (Phi) is 5.32. The zero-order valence-corrected chi connectivity index (χ0v) is 16.7. The highest BCUT2D eigenvalue weighted by atomic mass is 16.5. The zero-order chi connectivity index (χ0) is 19.6. The van der Waals surface area contributed by atoms with Crippen molar-refractivity contribution in [2.24, 2.45) is 5.92 Å². The molecule has 28 heavy (non-hydrogen) atoms. The Morgan fingerprint density at radius 1 is 0.893 bits per heavy atom. The van der Waals surface area contributed by atoms with Crippen molar-refractivity contribution in [1.29, 1.82) is 0 Å². The third-order valence-corrected chi connectivity index (χ3v) is 5.88. The Bertz CT molecular complexity index is 895. The first-order valence-electron chi connectivity index (χ1n) is 10.4. The van der Waals surface area contributed by atoms with Crippen LogP contribution in [0.15, 0.2) is 84.0 Å². The number of benzene rings is 2. The van der Waals surface area contributed by atoms with Gasteiger partial charge in [0.25, 0.3) is 0 Å². The molecule has 0 N–H and O–H groups in total. The fourth-order valence-electron chi connectivity index (χ4n) is 4.70. The molecule has 0 aromatic heterocycles. The number of Topliss-reactive ketones (excluding diaryl/α,β-unsaturated/α-hetero) is 1. The molecule has 144 valence electrons. The summed E-state index contributed by atoms with van der Waals surface area (Å²) in [5.74, 6) is -0.167. The van der Waals surface area contributed by atoms with E-state index in [2.05, 4.69) is 38.1 Å². The van der Waals surface area contributed by atoms with Crippen LogP contribution < -0.4 is 0 Å². The lowest BCUT2D eigenvalue weighted by Crippen LogP contribution is -2.44. The lowest BCUT2D eigenvalue weighted by atomic mass is 9.71. The number of hydrogen-bond acceptors (Lipinski definition) is 2. The predicted octanol–water partition coefficient (Wildman–Crippen LogP) is 6.25. The maximum absolute atomic E-state index is 13.8. The molecular weight excluding hydrogens is 344 g/mol. The van der Waals surface area contributed by atoms with Crippen LogP contribution in [0, 0.1) is 5.92 Å².